The Morgan fingerprint density at radius 2 is 1.40 bits per heavy atom. The highest BCUT2D eigenvalue weighted by molar-refractivity contribution is 5.93. The van der Waals surface area contributed by atoms with Crippen LogP contribution in [0.1, 0.15) is 0 Å². The zero-order valence-corrected chi connectivity index (χ0v) is 17.4. The van der Waals surface area contributed by atoms with E-state index in [-0.39, 0.29) is 24.0 Å². The number of amides is 2. The zero-order chi connectivity index (χ0) is 21.5. The van der Waals surface area contributed by atoms with E-state index in [0.29, 0.717) is 32.7 Å². The molecule has 0 atom stereocenters. The Morgan fingerprint density at radius 3 is 1.93 bits per heavy atom. The molecule has 1 aliphatic heterocycles. The highest BCUT2D eigenvalue weighted by Crippen LogP contribution is 2.16. The fraction of sp³-hybridized carbons (Fsp3) is 0.364. The maximum Gasteiger partial charge on any atom is 0.238 e. The highest BCUT2D eigenvalue weighted by atomic mass is 19.1. The third-order valence-corrected chi connectivity index (χ3v) is 5.01. The van der Waals surface area contributed by atoms with Crippen molar-refractivity contribution in [3.05, 3.63) is 54.3 Å². The lowest BCUT2D eigenvalue weighted by atomic mass is 10.2. The first-order valence-corrected chi connectivity index (χ1v) is 9.97. The Balaban J connectivity index is 1.39. The van der Waals surface area contributed by atoms with Crippen molar-refractivity contribution in [2.45, 2.75) is 0 Å². The molecule has 0 unspecified atom stereocenters. The lowest BCUT2D eigenvalue weighted by Crippen LogP contribution is -2.50. The van der Waals surface area contributed by atoms with Crippen molar-refractivity contribution < 1.29 is 14.0 Å². The molecule has 2 amide bonds. The molecule has 0 aliphatic carbocycles. The van der Waals surface area contributed by atoms with E-state index in [1.807, 2.05) is 48.2 Å². The van der Waals surface area contributed by atoms with Crippen molar-refractivity contribution in [3.8, 4) is 0 Å². The van der Waals surface area contributed by atoms with Gasteiger partial charge >= 0.3 is 0 Å². The molecule has 0 spiro atoms. The van der Waals surface area contributed by atoms with Crippen LogP contribution in [0.3, 0.4) is 0 Å². The molecule has 7 nitrogen and oxygen atoms in total. The van der Waals surface area contributed by atoms with Gasteiger partial charge in [0.25, 0.3) is 0 Å². The molecule has 0 radical (unpaired) electrons. The van der Waals surface area contributed by atoms with Crippen molar-refractivity contribution in [1.29, 1.82) is 0 Å². The van der Waals surface area contributed by atoms with Gasteiger partial charge in [0, 0.05) is 51.6 Å². The summed E-state index contributed by atoms with van der Waals surface area (Å²) in [6, 6.07) is 13.8. The highest BCUT2D eigenvalue weighted by Gasteiger charge is 2.21. The second-order valence-corrected chi connectivity index (χ2v) is 7.57. The fourth-order valence-electron chi connectivity index (χ4n) is 3.31. The minimum absolute atomic E-state index is 0.0571. The fourth-order valence-corrected chi connectivity index (χ4v) is 3.31. The Kier molecular flexibility index (Phi) is 7.37. The van der Waals surface area contributed by atoms with Crippen LogP contribution in [-0.4, -0.2) is 75.0 Å². The predicted molar refractivity (Wildman–Crippen MR) is 117 cm³/mol. The number of nitrogens with zero attached hydrogens (tertiary/aromatic N) is 3. The van der Waals surface area contributed by atoms with Crippen molar-refractivity contribution in [2.75, 3.05) is 68.9 Å². The van der Waals surface area contributed by atoms with E-state index in [1.165, 1.54) is 12.1 Å². The van der Waals surface area contributed by atoms with Gasteiger partial charge in [-0.25, -0.2) is 4.39 Å². The van der Waals surface area contributed by atoms with Gasteiger partial charge < -0.3 is 15.5 Å². The Labute approximate surface area is 176 Å². The smallest absolute Gasteiger partial charge is 0.238 e. The van der Waals surface area contributed by atoms with E-state index in [0.717, 1.165) is 11.4 Å². The summed E-state index contributed by atoms with van der Waals surface area (Å²) in [5.74, 6) is -0.746. The number of carbonyl (C=O) groups excluding carboxylic acids is 2. The molecule has 1 saturated heterocycles. The third-order valence-electron chi connectivity index (χ3n) is 5.01. The normalized spacial score (nSPS) is 14.9. The third kappa shape index (κ3) is 6.27. The van der Waals surface area contributed by atoms with E-state index in [9.17, 15) is 14.0 Å². The lowest BCUT2D eigenvalue weighted by molar-refractivity contribution is -0.120. The molecule has 0 saturated carbocycles. The summed E-state index contributed by atoms with van der Waals surface area (Å²) in [7, 11) is 3.94. The summed E-state index contributed by atoms with van der Waals surface area (Å²) in [6.45, 7) is 3.25. The minimum Gasteiger partial charge on any atom is -0.378 e. The second-order valence-electron chi connectivity index (χ2n) is 7.57. The Bertz CT molecular complexity index is 864. The van der Waals surface area contributed by atoms with Gasteiger partial charge in [0.05, 0.1) is 18.8 Å². The summed E-state index contributed by atoms with van der Waals surface area (Å²) < 4.78 is 13.6. The summed E-state index contributed by atoms with van der Waals surface area (Å²) in [5.41, 5.74) is 2.04. The zero-order valence-electron chi connectivity index (χ0n) is 17.4. The Morgan fingerprint density at radius 1 is 0.867 bits per heavy atom. The van der Waals surface area contributed by atoms with Crippen LogP contribution < -0.4 is 15.5 Å². The molecule has 1 fully saturated rings. The summed E-state index contributed by atoms with van der Waals surface area (Å²) in [4.78, 5) is 30.5. The number of anilines is 3. The number of nitrogens with one attached hydrogen (secondary N) is 2. The number of carbonyl (C=O) groups is 2. The first kappa shape index (κ1) is 21.7. The van der Waals surface area contributed by atoms with Gasteiger partial charge in [0.2, 0.25) is 11.8 Å². The van der Waals surface area contributed by atoms with Crippen LogP contribution in [0.25, 0.3) is 0 Å². The quantitative estimate of drug-likeness (QED) is 0.728. The molecular weight excluding hydrogens is 385 g/mol. The van der Waals surface area contributed by atoms with Gasteiger partial charge in [0.1, 0.15) is 5.82 Å². The maximum atomic E-state index is 13.6. The summed E-state index contributed by atoms with van der Waals surface area (Å²) in [5, 5.41) is 5.52. The largest absolute Gasteiger partial charge is 0.378 e. The number of rotatable bonds is 7. The van der Waals surface area contributed by atoms with E-state index in [4.69, 9.17) is 0 Å². The van der Waals surface area contributed by atoms with Crippen molar-refractivity contribution in [1.82, 2.24) is 9.80 Å². The molecule has 0 bridgehead atoms. The van der Waals surface area contributed by atoms with Crippen LogP contribution in [0.4, 0.5) is 21.5 Å². The van der Waals surface area contributed by atoms with E-state index >= 15 is 0 Å². The number of hydrogen-bond donors (Lipinski definition) is 2. The topological polar surface area (TPSA) is 67.9 Å². The van der Waals surface area contributed by atoms with Gasteiger partial charge in [-0.3, -0.25) is 19.4 Å². The van der Waals surface area contributed by atoms with Crippen molar-refractivity contribution >= 4 is 28.9 Å². The van der Waals surface area contributed by atoms with Gasteiger partial charge in [0.15, 0.2) is 0 Å². The van der Waals surface area contributed by atoms with Gasteiger partial charge in [-0.2, -0.15) is 0 Å². The number of para-hydroxylation sites is 1. The number of benzene rings is 2. The van der Waals surface area contributed by atoms with Crippen LogP contribution in [0.2, 0.25) is 0 Å². The lowest BCUT2D eigenvalue weighted by Gasteiger charge is -2.33. The molecule has 3 rings (SSSR count). The van der Waals surface area contributed by atoms with Gasteiger partial charge in [-0.15, -0.1) is 0 Å². The number of hydrogen-bond acceptors (Lipinski definition) is 5. The number of piperazine rings is 1. The monoisotopic (exact) mass is 413 g/mol. The van der Waals surface area contributed by atoms with Crippen LogP contribution in [0.15, 0.2) is 48.5 Å². The minimum atomic E-state index is -0.446. The number of halogens is 1. The molecule has 160 valence electrons. The first-order valence-electron chi connectivity index (χ1n) is 9.97. The molecule has 1 heterocycles. The molecule has 2 aromatic rings. The Hall–Kier alpha value is -2.97. The van der Waals surface area contributed by atoms with E-state index in [1.54, 1.807) is 12.1 Å². The molecule has 2 N–H and O–H groups in total. The van der Waals surface area contributed by atoms with Crippen molar-refractivity contribution in [2.24, 2.45) is 0 Å². The average Bonchev–Trinajstić information content (AvgIpc) is 2.71. The molecule has 0 aromatic heterocycles. The standard InChI is InChI=1S/C22H28FN5O2/c1-26(2)18-9-7-17(8-10-18)24-21(29)15-27-11-13-28(14-12-27)16-22(30)25-20-6-4-3-5-19(20)23/h3-10H,11-16H2,1-2H3,(H,24,29)(H,25,30). The first-order chi connectivity index (χ1) is 14.4. The van der Waals surface area contributed by atoms with Crippen LogP contribution >= 0.6 is 0 Å². The van der Waals surface area contributed by atoms with Crippen molar-refractivity contribution in [3.63, 3.8) is 0 Å². The molecule has 2 aromatic carbocycles. The van der Waals surface area contributed by atoms with Crippen LogP contribution in [0.5, 0.6) is 0 Å². The average molecular weight is 413 g/mol. The van der Waals surface area contributed by atoms with Crippen LogP contribution in [0, 0.1) is 5.82 Å². The van der Waals surface area contributed by atoms with E-state index < -0.39 is 5.82 Å². The summed E-state index contributed by atoms with van der Waals surface area (Å²) in [6.07, 6.45) is 0. The van der Waals surface area contributed by atoms with Gasteiger partial charge in [-0.05, 0) is 36.4 Å². The SMILES string of the molecule is CN(C)c1ccc(NC(=O)CN2CCN(CC(=O)Nc3ccccc3F)CC2)cc1. The molecule has 1 aliphatic rings. The molecule has 8 heteroatoms. The second kappa shape index (κ2) is 10.2. The van der Waals surface area contributed by atoms with E-state index in [2.05, 4.69) is 15.5 Å². The van der Waals surface area contributed by atoms with Crippen LogP contribution in [-0.2, 0) is 9.59 Å². The summed E-state index contributed by atoms with van der Waals surface area (Å²) >= 11 is 0. The maximum absolute atomic E-state index is 13.6. The molecular formula is C22H28FN5O2. The predicted octanol–water partition coefficient (Wildman–Crippen LogP) is 2.09. The molecule has 30 heavy (non-hydrogen) atoms. The van der Waals surface area contributed by atoms with Gasteiger partial charge in [-0.1, -0.05) is 12.1 Å².